The van der Waals surface area contributed by atoms with Gasteiger partial charge in [0.05, 0.1) is 5.92 Å². The fraction of sp³-hybridized carbons (Fsp3) is 0.516. The van der Waals surface area contributed by atoms with Crippen LogP contribution in [0.3, 0.4) is 0 Å². The molecule has 0 rings (SSSR count). The number of esters is 3. The van der Waals surface area contributed by atoms with Gasteiger partial charge in [0.2, 0.25) is 0 Å². The van der Waals surface area contributed by atoms with E-state index in [9.17, 15) is 40.7 Å². The molecule has 43 heavy (non-hydrogen) atoms. The molecular formula is C31H40F6O6. The number of rotatable bonds is 20. The van der Waals surface area contributed by atoms with Gasteiger partial charge >= 0.3 is 30.3 Å². The number of carbonyl (C=O) groups is 3. The smallest absolute Gasteiger partial charge is 0.455 e. The van der Waals surface area contributed by atoms with Gasteiger partial charge in [-0.25, -0.2) is 9.59 Å². The van der Waals surface area contributed by atoms with Gasteiger partial charge in [0.15, 0.2) is 6.10 Å². The van der Waals surface area contributed by atoms with Gasteiger partial charge in [0, 0.05) is 0 Å². The molecule has 0 aliphatic heterocycles. The fourth-order valence-corrected chi connectivity index (χ4v) is 3.09. The van der Waals surface area contributed by atoms with Crippen LogP contribution in [-0.4, -0.2) is 49.6 Å². The number of hydrogen-bond acceptors (Lipinski definition) is 6. The van der Waals surface area contributed by atoms with Gasteiger partial charge in [0.1, 0.15) is 13.2 Å². The van der Waals surface area contributed by atoms with Crippen LogP contribution in [0.4, 0.5) is 26.3 Å². The third-order valence-electron chi connectivity index (χ3n) is 5.39. The average molecular weight is 623 g/mol. The number of carbonyl (C=O) groups excluding carboxylic acids is 3. The van der Waals surface area contributed by atoms with Crippen LogP contribution in [0.2, 0.25) is 0 Å². The summed E-state index contributed by atoms with van der Waals surface area (Å²) in [5, 5.41) is 0. The van der Waals surface area contributed by atoms with Crippen molar-refractivity contribution in [3.05, 3.63) is 72.9 Å². The number of halogens is 6. The summed E-state index contributed by atoms with van der Waals surface area (Å²) >= 11 is 0. The van der Waals surface area contributed by atoms with Crippen LogP contribution in [-0.2, 0) is 28.6 Å². The molecule has 0 aromatic rings. The first-order valence-corrected chi connectivity index (χ1v) is 13.9. The van der Waals surface area contributed by atoms with E-state index < -0.39 is 55.5 Å². The van der Waals surface area contributed by atoms with Crippen molar-refractivity contribution in [2.45, 2.75) is 83.7 Å². The minimum atomic E-state index is -5.38. The van der Waals surface area contributed by atoms with E-state index in [2.05, 4.69) is 58.9 Å². The molecule has 242 valence electrons. The summed E-state index contributed by atoms with van der Waals surface area (Å²) in [5.74, 6) is -7.02. The molecule has 0 aromatic heterocycles. The van der Waals surface area contributed by atoms with Gasteiger partial charge < -0.3 is 14.2 Å². The van der Waals surface area contributed by atoms with E-state index in [0.29, 0.717) is 6.42 Å². The second-order valence-corrected chi connectivity index (χ2v) is 9.01. The van der Waals surface area contributed by atoms with Crippen LogP contribution in [0.5, 0.6) is 0 Å². The van der Waals surface area contributed by atoms with E-state index in [-0.39, 0.29) is 12.8 Å². The monoisotopic (exact) mass is 622 g/mol. The summed E-state index contributed by atoms with van der Waals surface area (Å²) in [5.41, 5.74) is 0. The highest BCUT2D eigenvalue weighted by atomic mass is 19.4. The van der Waals surface area contributed by atoms with Crippen LogP contribution in [0.15, 0.2) is 72.9 Å². The Hall–Kier alpha value is -3.57. The van der Waals surface area contributed by atoms with Crippen molar-refractivity contribution in [1.82, 2.24) is 0 Å². The lowest BCUT2D eigenvalue weighted by Crippen LogP contribution is -2.37. The first-order valence-electron chi connectivity index (χ1n) is 13.9. The zero-order valence-electron chi connectivity index (χ0n) is 24.4. The van der Waals surface area contributed by atoms with E-state index >= 15 is 0 Å². The largest absolute Gasteiger partial charge is 0.490 e. The molecule has 0 heterocycles. The summed E-state index contributed by atoms with van der Waals surface area (Å²) in [6.07, 6.45) is 17.0. The van der Waals surface area contributed by atoms with Crippen molar-refractivity contribution in [3.8, 4) is 0 Å². The van der Waals surface area contributed by atoms with Crippen molar-refractivity contribution in [3.63, 3.8) is 0 Å². The minimum Gasteiger partial charge on any atom is -0.455 e. The SMILES string of the molecule is CCC=CCC=CCC=CCC=CCC=CCC=CCC(CC)C(=O)OC(COC(=O)C(F)(F)F)COC(=O)C(F)(F)F. The molecule has 6 nitrogen and oxygen atoms in total. The second kappa shape index (κ2) is 23.0. The van der Waals surface area contributed by atoms with Gasteiger partial charge in [-0.15, -0.1) is 0 Å². The molecule has 0 aromatic carbocycles. The molecule has 1 atom stereocenters. The first-order chi connectivity index (χ1) is 20.3. The van der Waals surface area contributed by atoms with Crippen LogP contribution in [0.1, 0.15) is 65.2 Å². The Labute approximate surface area is 248 Å². The summed E-state index contributed by atoms with van der Waals surface area (Å²) in [6, 6.07) is 0. The normalized spacial score (nSPS) is 13.9. The number of hydrogen-bond donors (Lipinski definition) is 0. The molecule has 0 fully saturated rings. The Bertz CT molecular complexity index is 960. The van der Waals surface area contributed by atoms with Gasteiger partial charge in [-0.3, -0.25) is 4.79 Å². The minimum absolute atomic E-state index is 0.178. The number of allylic oxidation sites excluding steroid dienone is 12. The molecule has 0 saturated carbocycles. The van der Waals surface area contributed by atoms with Gasteiger partial charge in [-0.1, -0.05) is 86.8 Å². The molecule has 0 amide bonds. The van der Waals surface area contributed by atoms with Crippen molar-refractivity contribution in [2.24, 2.45) is 5.92 Å². The lowest BCUT2D eigenvalue weighted by Gasteiger charge is -2.21. The number of ether oxygens (including phenoxy) is 3. The highest BCUT2D eigenvalue weighted by Gasteiger charge is 2.43. The molecule has 0 bridgehead atoms. The van der Waals surface area contributed by atoms with Crippen LogP contribution < -0.4 is 0 Å². The van der Waals surface area contributed by atoms with E-state index in [1.165, 1.54) is 0 Å². The number of alkyl halides is 6. The molecule has 0 saturated heterocycles. The molecular weight excluding hydrogens is 582 g/mol. The molecule has 0 spiro atoms. The second-order valence-electron chi connectivity index (χ2n) is 9.01. The molecule has 0 aliphatic rings. The van der Waals surface area contributed by atoms with Crippen molar-refractivity contribution in [2.75, 3.05) is 13.2 Å². The van der Waals surface area contributed by atoms with Gasteiger partial charge in [0.25, 0.3) is 0 Å². The van der Waals surface area contributed by atoms with Crippen LogP contribution >= 0.6 is 0 Å². The standard InChI is InChI=1S/C31H40F6O6/c1-3-5-6-7-8-9-10-11-12-13-14-15-16-17-18-19-20-21-22-25(4-2)27(38)43-26(23-41-28(39)30(32,33)34)24-42-29(40)31(35,36)37/h5-6,8-9,11-12,14-15,17-18,20-21,25-26H,3-4,7,10,13,16,19,22-24H2,1-2H3. The van der Waals surface area contributed by atoms with Gasteiger partial charge in [-0.2, -0.15) is 26.3 Å². The van der Waals surface area contributed by atoms with Crippen LogP contribution in [0, 0.1) is 5.92 Å². The Kier molecular flexibility index (Phi) is 21.0. The van der Waals surface area contributed by atoms with Gasteiger partial charge in [-0.05, 0) is 51.4 Å². The third kappa shape index (κ3) is 21.7. The predicted octanol–water partition coefficient (Wildman–Crippen LogP) is 8.22. The first kappa shape index (κ1) is 39.4. The fourth-order valence-electron chi connectivity index (χ4n) is 3.09. The van der Waals surface area contributed by atoms with E-state index in [4.69, 9.17) is 4.74 Å². The zero-order valence-corrected chi connectivity index (χ0v) is 24.4. The molecule has 0 radical (unpaired) electrons. The summed E-state index contributed by atoms with van der Waals surface area (Å²) < 4.78 is 87.1. The molecule has 0 N–H and O–H groups in total. The quantitative estimate of drug-likeness (QED) is 0.0589. The zero-order chi connectivity index (χ0) is 32.6. The molecule has 1 unspecified atom stereocenters. The Morgan fingerprint density at radius 2 is 0.930 bits per heavy atom. The highest BCUT2D eigenvalue weighted by Crippen LogP contribution is 2.20. The van der Waals surface area contributed by atoms with Crippen LogP contribution in [0.25, 0.3) is 0 Å². The highest BCUT2D eigenvalue weighted by molar-refractivity contribution is 5.76. The predicted molar refractivity (Wildman–Crippen MR) is 151 cm³/mol. The van der Waals surface area contributed by atoms with E-state index in [1.807, 2.05) is 18.2 Å². The summed E-state index contributed by atoms with van der Waals surface area (Å²) in [6.45, 7) is 1.21. The Morgan fingerprint density at radius 3 is 1.26 bits per heavy atom. The maximum Gasteiger partial charge on any atom is 0.490 e. The lowest BCUT2D eigenvalue weighted by atomic mass is 10.0. The Morgan fingerprint density at radius 1 is 0.581 bits per heavy atom. The van der Waals surface area contributed by atoms with E-state index in [0.717, 1.165) is 32.1 Å². The van der Waals surface area contributed by atoms with Crippen molar-refractivity contribution >= 4 is 17.9 Å². The maximum absolute atomic E-state index is 12.5. The third-order valence-corrected chi connectivity index (χ3v) is 5.39. The average Bonchev–Trinajstić information content (AvgIpc) is 2.94. The topological polar surface area (TPSA) is 78.9 Å². The summed E-state index contributed by atoms with van der Waals surface area (Å²) in [7, 11) is 0. The maximum atomic E-state index is 12.5. The van der Waals surface area contributed by atoms with Crippen molar-refractivity contribution in [1.29, 1.82) is 0 Å². The molecule has 12 heteroatoms. The van der Waals surface area contributed by atoms with E-state index in [1.54, 1.807) is 19.1 Å². The molecule has 0 aliphatic carbocycles. The van der Waals surface area contributed by atoms with Crippen molar-refractivity contribution < 1.29 is 54.9 Å². The lowest BCUT2D eigenvalue weighted by molar-refractivity contribution is -0.210. The Balaban J connectivity index is 4.60. The summed E-state index contributed by atoms with van der Waals surface area (Å²) in [4.78, 5) is 34.3.